The first-order chi connectivity index (χ1) is 12.0. The molecule has 0 bridgehead atoms. The van der Waals surface area contributed by atoms with Crippen molar-refractivity contribution in [2.45, 2.75) is 31.2 Å². The average Bonchev–Trinajstić information content (AvgIpc) is 3.04. The van der Waals surface area contributed by atoms with Crippen molar-refractivity contribution in [3.63, 3.8) is 0 Å². The number of benzene rings is 1. The van der Waals surface area contributed by atoms with E-state index in [0.29, 0.717) is 22.9 Å². The molecule has 8 heteroatoms. The zero-order chi connectivity index (χ0) is 18.0. The molecule has 1 amide bonds. The van der Waals surface area contributed by atoms with Crippen LogP contribution in [0.3, 0.4) is 0 Å². The van der Waals surface area contributed by atoms with Gasteiger partial charge in [0, 0.05) is 12.2 Å². The number of rotatable bonds is 5. The Balaban J connectivity index is 1.82. The van der Waals surface area contributed by atoms with Crippen LogP contribution < -0.4 is 10.5 Å². The molecule has 3 aromatic rings. The first-order valence-electron chi connectivity index (χ1n) is 7.97. The van der Waals surface area contributed by atoms with Gasteiger partial charge in [0.15, 0.2) is 16.3 Å². The Bertz CT molecular complexity index is 965. The highest BCUT2D eigenvalue weighted by Gasteiger charge is 2.23. The third-order valence-electron chi connectivity index (χ3n) is 3.81. The number of amides is 1. The van der Waals surface area contributed by atoms with Gasteiger partial charge in [0.05, 0.1) is 11.6 Å². The second-order valence-corrected chi connectivity index (χ2v) is 6.98. The monoisotopic (exact) mass is 357 g/mol. The maximum Gasteiger partial charge on any atom is 0.277 e. The van der Waals surface area contributed by atoms with Gasteiger partial charge in [-0.15, -0.1) is 0 Å². The van der Waals surface area contributed by atoms with Crippen LogP contribution >= 0.6 is 11.8 Å². The zero-order valence-corrected chi connectivity index (χ0v) is 15.1. The number of aryl methyl sites for hydroxylation is 1. The zero-order valence-electron chi connectivity index (χ0n) is 14.2. The third-order valence-corrected chi connectivity index (χ3v) is 4.78. The summed E-state index contributed by atoms with van der Waals surface area (Å²) in [7, 11) is 0. The molecular formula is C17H19N5O2S. The number of hydrogen-bond donors (Lipinski definition) is 2. The van der Waals surface area contributed by atoms with Crippen LogP contribution in [0.25, 0.3) is 11.2 Å². The summed E-state index contributed by atoms with van der Waals surface area (Å²) < 4.78 is 0. The van der Waals surface area contributed by atoms with Gasteiger partial charge in [-0.05, 0) is 38.5 Å². The van der Waals surface area contributed by atoms with E-state index in [1.54, 1.807) is 11.8 Å². The molecule has 0 fully saturated rings. The fraction of sp³-hybridized carbons (Fsp3) is 0.294. The molecule has 2 aromatic heterocycles. The van der Waals surface area contributed by atoms with E-state index in [-0.39, 0.29) is 11.5 Å². The molecule has 1 aromatic carbocycles. The molecule has 7 nitrogen and oxygen atoms in total. The number of carbonyl (C=O) groups excluding carboxylic acids is 1. The summed E-state index contributed by atoms with van der Waals surface area (Å²) in [6.07, 6.45) is 1.42. The predicted molar refractivity (Wildman–Crippen MR) is 99.0 cm³/mol. The van der Waals surface area contributed by atoms with Gasteiger partial charge in [0.25, 0.3) is 5.56 Å². The number of nitrogens with zero attached hydrogens (tertiary/aromatic N) is 3. The van der Waals surface area contributed by atoms with Gasteiger partial charge >= 0.3 is 0 Å². The second-order valence-electron chi connectivity index (χ2n) is 5.65. The first kappa shape index (κ1) is 17.2. The number of carbonyl (C=O) groups is 1. The summed E-state index contributed by atoms with van der Waals surface area (Å²) in [6.45, 7) is 6.30. The van der Waals surface area contributed by atoms with Crippen LogP contribution in [0, 0.1) is 6.92 Å². The highest BCUT2D eigenvalue weighted by Crippen LogP contribution is 2.24. The molecule has 3 rings (SSSR count). The minimum absolute atomic E-state index is 0.0390. The Morgan fingerprint density at radius 3 is 2.92 bits per heavy atom. The van der Waals surface area contributed by atoms with E-state index in [2.05, 4.69) is 19.9 Å². The summed E-state index contributed by atoms with van der Waals surface area (Å²) >= 11 is 1.21. The quantitative estimate of drug-likeness (QED) is 0.540. The molecule has 1 atom stereocenters. The Kier molecular flexibility index (Phi) is 4.89. The minimum atomic E-state index is -0.403. The van der Waals surface area contributed by atoms with Crippen molar-refractivity contribution in [2.24, 2.45) is 0 Å². The number of H-pyrrole nitrogens is 2. The van der Waals surface area contributed by atoms with Gasteiger partial charge in [-0.3, -0.25) is 14.6 Å². The van der Waals surface area contributed by atoms with E-state index < -0.39 is 5.25 Å². The number of aromatic nitrogens is 4. The van der Waals surface area contributed by atoms with Crippen molar-refractivity contribution in [3.05, 3.63) is 46.5 Å². The molecule has 0 unspecified atom stereocenters. The lowest BCUT2D eigenvalue weighted by Gasteiger charge is -2.24. The smallest absolute Gasteiger partial charge is 0.277 e. The summed E-state index contributed by atoms with van der Waals surface area (Å²) in [5.74, 6) is -0.0390. The maximum absolute atomic E-state index is 12.9. The second kappa shape index (κ2) is 7.10. The number of thioether (sulfide) groups is 1. The Morgan fingerprint density at radius 1 is 1.40 bits per heavy atom. The molecule has 130 valence electrons. The van der Waals surface area contributed by atoms with E-state index in [4.69, 9.17) is 0 Å². The normalized spacial score (nSPS) is 12.3. The SMILES string of the molecule is CCN(C(=O)[C@H](C)Sc1nc2nc[nH]c2c(=O)[nH]1)c1cccc(C)c1. The third kappa shape index (κ3) is 3.58. The van der Waals surface area contributed by atoms with E-state index in [0.717, 1.165) is 11.3 Å². The highest BCUT2D eigenvalue weighted by molar-refractivity contribution is 8.00. The van der Waals surface area contributed by atoms with Crippen molar-refractivity contribution in [2.75, 3.05) is 11.4 Å². The predicted octanol–water partition coefficient (Wildman–Crippen LogP) is 2.49. The molecule has 2 heterocycles. The van der Waals surface area contributed by atoms with Crippen molar-refractivity contribution >= 4 is 34.5 Å². The Morgan fingerprint density at radius 2 is 2.20 bits per heavy atom. The van der Waals surface area contributed by atoms with E-state index >= 15 is 0 Å². The molecule has 25 heavy (non-hydrogen) atoms. The lowest BCUT2D eigenvalue weighted by molar-refractivity contribution is -0.117. The van der Waals surface area contributed by atoms with E-state index in [1.807, 2.05) is 38.1 Å². The number of hydrogen-bond acceptors (Lipinski definition) is 5. The van der Waals surface area contributed by atoms with Crippen LogP contribution in [0.4, 0.5) is 5.69 Å². The molecule has 0 radical (unpaired) electrons. The van der Waals surface area contributed by atoms with Gasteiger partial charge in [0.1, 0.15) is 0 Å². The molecule has 0 aliphatic carbocycles. The lowest BCUT2D eigenvalue weighted by atomic mass is 10.2. The summed E-state index contributed by atoms with van der Waals surface area (Å²) in [5, 5.41) is -0.0225. The fourth-order valence-corrected chi connectivity index (χ4v) is 3.43. The highest BCUT2D eigenvalue weighted by atomic mass is 32.2. The van der Waals surface area contributed by atoms with Crippen molar-refractivity contribution in [1.29, 1.82) is 0 Å². The lowest BCUT2D eigenvalue weighted by Crippen LogP contribution is -2.36. The standard InChI is InChI=1S/C17H19N5O2S/c1-4-22(12-7-5-6-10(2)8-12)16(24)11(3)25-17-20-14-13(15(23)21-17)18-9-19-14/h5-9,11H,4H2,1-3H3,(H2,18,19,20,21,23)/t11-/m0/s1. The maximum atomic E-state index is 12.9. The average molecular weight is 357 g/mol. The van der Waals surface area contributed by atoms with Gasteiger partial charge in [-0.1, -0.05) is 23.9 Å². The number of imidazole rings is 1. The Hall–Kier alpha value is -2.61. The molecule has 0 saturated carbocycles. The number of aromatic amines is 2. The van der Waals surface area contributed by atoms with Crippen LogP contribution in [-0.2, 0) is 4.79 Å². The van der Waals surface area contributed by atoms with E-state index in [9.17, 15) is 9.59 Å². The molecule has 0 spiro atoms. The van der Waals surface area contributed by atoms with Gasteiger partial charge in [-0.2, -0.15) is 0 Å². The fourth-order valence-electron chi connectivity index (χ4n) is 2.58. The molecule has 0 aliphatic rings. The number of fused-ring (bicyclic) bond motifs is 1. The largest absolute Gasteiger partial charge is 0.339 e. The summed E-state index contributed by atoms with van der Waals surface area (Å²) in [4.78, 5) is 40.3. The molecular weight excluding hydrogens is 338 g/mol. The Labute approximate surface area is 148 Å². The molecule has 0 saturated heterocycles. The van der Waals surface area contributed by atoms with Crippen LogP contribution in [0.5, 0.6) is 0 Å². The van der Waals surface area contributed by atoms with Crippen molar-refractivity contribution in [1.82, 2.24) is 19.9 Å². The summed E-state index contributed by atoms with van der Waals surface area (Å²) in [6, 6.07) is 7.83. The topological polar surface area (TPSA) is 94.7 Å². The van der Waals surface area contributed by atoms with Gasteiger partial charge in [0.2, 0.25) is 5.91 Å². The van der Waals surface area contributed by atoms with Crippen LogP contribution in [0.15, 0.2) is 40.5 Å². The minimum Gasteiger partial charge on any atom is -0.339 e. The van der Waals surface area contributed by atoms with Crippen LogP contribution in [0.2, 0.25) is 0 Å². The van der Waals surface area contributed by atoms with Crippen molar-refractivity contribution in [3.8, 4) is 0 Å². The number of nitrogens with one attached hydrogen (secondary N) is 2. The van der Waals surface area contributed by atoms with E-state index in [1.165, 1.54) is 18.1 Å². The first-order valence-corrected chi connectivity index (χ1v) is 8.85. The molecule has 0 aliphatic heterocycles. The molecule has 2 N–H and O–H groups in total. The van der Waals surface area contributed by atoms with Crippen molar-refractivity contribution < 1.29 is 4.79 Å². The van der Waals surface area contributed by atoms with Gasteiger partial charge < -0.3 is 9.88 Å². The number of anilines is 1. The van der Waals surface area contributed by atoms with Gasteiger partial charge in [-0.25, -0.2) is 9.97 Å². The van der Waals surface area contributed by atoms with Crippen LogP contribution in [-0.4, -0.2) is 37.6 Å². The summed E-state index contributed by atoms with van der Waals surface area (Å²) in [5.41, 5.74) is 2.34. The van der Waals surface area contributed by atoms with Crippen LogP contribution in [0.1, 0.15) is 19.4 Å².